The first-order valence-corrected chi connectivity index (χ1v) is 4.77. The molecule has 0 fully saturated rings. The number of carboxylic acid groups (broad SMARTS) is 1. The highest BCUT2D eigenvalue weighted by Crippen LogP contribution is 2.01. The molecule has 0 saturated carbocycles. The minimum absolute atomic E-state index is 0.188. The number of rotatable bonds is 6. The first-order valence-electron chi connectivity index (χ1n) is 4.77. The summed E-state index contributed by atoms with van der Waals surface area (Å²) in [6.07, 6.45) is 0.812. The van der Waals surface area contributed by atoms with Crippen molar-refractivity contribution in [3.63, 3.8) is 0 Å². The van der Waals surface area contributed by atoms with Crippen LogP contribution >= 0.6 is 0 Å². The van der Waals surface area contributed by atoms with Crippen LogP contribution < -0.4 is 0 Å². The van der Waals surface area contributed by atoms with Crippen LogP contribution in [0.25, 0.3) is 0 Å². The average Bonchev–Trinajstić information content (AvgIpc) is 2.50. The average molecular weight is 213 g/mol. The van der Waals surface area contributed by atoms with Crippen LogP contribution in [0, 0.1) is 6.92 Å². The second-order valence-corrected chi connectivity index (χ2v) is 3.47. The fourth-order valence-electron chi connectivity index (χ4n) is 1.21. The van der Waals surface area contributed by atoms with Gasteiger partial charge >= 0.3 is 5.97 Å². The minimum Gasteiger partial charge on any atom is -0.481 e. The van der Waals surface area contributed by atoms with Gasteiger partial charge in [0.15, 0.2) is 5.82 Å². The quantitative estimate of drug-likeness (QED) is 0.748. The number of carbonyl (C=O) groups is 1. The Balaban J connectivity index is 2.24. The molecule has 84 valence electrons. The van der Waals surface area contributed by atoms with Crippen molar-refractivity contribution >= 4 is 5.97 Å². The molecule has 0 aliphatic carbocycles. The van der Waals surface area contributed by atoms with E-state index < -0.39 is 5.97 Å². The fraction of sp³-hybridized carbons (Fsp3) is 0.667. The van der Waals surface area contributed by atoms with Gasteiger partial charge in [-0.05, 0) is 26.9 Å². The SMILES string of the molecule is Cc1noc(CN(C)CCCC(=O)O)n1. The normalized spacial score (nSPS) is 10.9. The van der Waals surface area contributed by atoms with Crippen LogP contribution in [0.5, 0.6) is 0 Å². The van der Waals surface area contributed by atoms with E-state index >= 15 is 0 Å². The molecule has 0 unspecified atom stereocenters. The zero-order valence-corrected chi connectivity index (χ0v) is 8.93. The number of carboxylic acids is 1. The van der Waals surface area contributed by atoms with Crippen molar-refractivity contribution in [3.05, 3.63) is 11.7 Å². The van der Waals surface area contributed by atoms with Gasteiger partial charge in [0, 0.05) is 6.42 Å². The monoisotopic (exact) mass is 213 g/mol. The lowest BCUT2D eigenvalue weighted by Gasteiger charge is -2.12. The maximum Gasteiger partial charge on any atom is 0.303 e. The summed E-state index contributed by atoms with van der Waals surface area (Å²) in [4.78, 5) is 16.3. The number of hydrogen-bond donors (Lipinski definition) is 1. The highest BCUT2D eigenvalue weighted by molar-refractivity contribution is 5.66. The molecule has 1 heterocycles. The molecule has 0 aliphatic heterocycles. The smallest absolute Gasteiger partial charge is 0.303 e. The second kappa shape index (κ2) is 5.45. The van der Waals surface area contributed by atoms with E-state index in [0.717, 1.165) is 0 Å². The zero-order chi connectivity index (χ0) is 11.3. The van der Waals surface area contributed by atoms with Gasteiger partial charge in [-0.3, -0.25) is 9.69 Å². The highest BCUT2D eigenvalue weighted by Gasteiger charge is 2.07. The zero-order valence-electron chi connectivity index (χ0n) is 8.93. The lowest BCUT2D eigenvalue weighted by molar-refractivity contribution is -0.137. The van der Waals surface area contributed by atoms with Gasteiger partial charge in [-0.15, -0.1) is 0 Å². The summed E-state index contributed by atoms with van der Waals surface area (Å²) in [5.41, 5.74) is 0. The first kappa shape index (κ1) is 11.6. The van der Waals surface area contributed by atoms with E-state index in [0.29, 0.717) is 31.2 Å². The van der Waals surface area contributed by atoms with Crippen molar-refractivity contribution in [1.29, 1.82) is 0 Å². The van der Waals surface area contributed by atoms with Crippen LogP contribution in [-0.4, -0.2) is 39.7 Å². The Morgan fingerprint density at radius 3 is 2.87 bits per heavy atom. The van der Waals surface area contributed by atoms with Crippen molar-refractivity contribution in [3.8, 4) is 0 Å². The summed E-state index contributed by atoms with van der Waals surface area (Å²) in [5.74, 6) is 0.409. The Morgan fingerprint density at radius 2 is 2.33 bits per heavy atom. The largest absolute Gasteiger partial charge is 0.481 e. The Morgan fingerprint density at radius 1 is 1.60 bits per heavy atom. The molecular formula is C9H15N3O3. The van der Waals surface area contributed by atoms with Gasteiger partial charge in [0.1, 0.15) is 0 Å². The highest BCUT2D eigenvalue weighted by atomic mass is 16.5. The van der Waals surface area contributed by atoms with E-state index in [1.165, 1.54) is 0 Å². The summed E-state index contributed by atoms with van der Waals surface area (Å²) >= 11 is 0. The van der Waals surface area contributed by atoms with Crippen LogP contribution in [0.1, 0.15) is 24.6 Å². The summed E-state index contributed by atoms with van der Waals surface area (Å²) in [7, 11) is 1.89. The van der Waals surface area contributed by atoms with Gasteiger partial charge in [0.2, 0.25) is 5.89 Å². The number of aliphatic carboxylic acids is 1. The van der Waals surface area contributed by atoms with Crippen LogP contribution in [0.15, 0.2) is 4.52 Å². The first-order chi connectivity index (χ1) is 7.08. The van der Waals surface area contributed by atoms with Crippen LogP contribution in [0.4, 0.5) is 0 Å². The van der Waals surface area contributed by atoms with Crippen molar-refractivity contribution in [2.75, 3.05) is 13.6 Å². The van der Waals surface area contributed by atoms with E-state index in [1.54, 1.807) is 6.92 Å². The predicted molar refractivity (Wildman–Crippen MR) is 52.2 cm³/mol. The molecule has 0 radical (unpaired) electrons. The van der Waals surface area contributed by atoms with E-state index in [1.807, 2.05) is 11.9 Å². The number of hydrogen-bond acceptors (Lipinski definition) is 5. The van der Waals surface area contributed by atoms with Crippen molar-refractivity contribution in [2.45, 2.75) is 26.3 Å². The van der Waals surface area contributed by atoms with Crippen molar-refractivity contribution < 1.29 is 14.4 Å². The Bertz CT molecular complexity index is 324. The Hall–Kier alpha value is -1.43. The van der Waals surface area contributed by atoms with Gasteiger partial charge < -0.3 is 9.63 Å². The molecule has 1 aromatic rings. The standard InChI is InChI=1S/C9H15N3O3/c1-7-10-8(15-11-7)6-12(2)5-3-4-9(13)14/h3-6H2,1-2H3,(H,13,14). The van der Waals surface area contributed by atoms with Gasteiger partial charge in [0.25, 0.3) is 0 Å². The van der Waals surface area contributed by atoms with E-state index in [2.05, 4.69) is 10.1 Å². The van der Waals surface area contributed by atoms with Gasteiger partial charge in [-0.2, -0.15) is 4.98 Å². The van der Waals surface area contributed by atoms with Gasteiger partial charge in [-0.1, -0.05) is 5.16 Å². The second-order valence-electron chi connectivity index (χ2n) is 3.47. The molecule has 1 rings (SSSR count). The van der Waals surface area contributed by atoms with E-state index in [-0.39, 0.29) is 6.42 Å². The Kier molecular flexibility index (Phi) is 4.23. The van der Waals surface area contributed by atoms with Crippen molar-refractivity contribution in [1.82, 2.24) is 15.0 Å². The predicted octanol–water partition coefficient (Wildman–Crippen LogP) is 0.675. The molecule has 0 atom stereocenters. The maximum atomic E-state index is 10.3. The molecule has 0 saturated heterocycles. The maximum absolute atomic E-state index is 10.3. The summed E-state index contributed by atoms with van der Waals surface area (Å²) < 4.78 is 4.94. The third-order valence-electron chi connectivity index (χ3n) is 1.91. The lowest BCUT2D eigenvalue weighted by atomic mass is 10.3. The fourth-order valence-corrected chi connectivity index (χ4v) is 1.21. The Labute approximate surface area is 87.9 Å². The molecular weight excluding hydrogens is 198 g/mol. The molecule has 0 aromatic carbocycles. The summed E-state index contributed by atoms with van der Waals surface area (Å²) in [6, 6.07) is 0. The molecule has 0 amide bonds. The summed E-state index contributed by atoms with van der Waals surface area (Å²) in [6.45, 7) is 3.02. The summed E-state index contributed by atoms with van der Waals surface area (Å²) in [5, 5.41) is 12.1. The molecule has 15 heavy (non-hydrogen) atoms. The van der Waals surface area contributed by atoms with Crippen LogP contribution in [0.3, 0.4) is 0 Å². The van der Waals surface area contributed by atoms with Crippen LogP contribution in [0.2, 0.25) is 0 Å². The van der Waals surface area contributed by atoms with E-state index in [4.69, 9.17) is 9.63 Å². The van der Waals surface area contributed by atoms with Crippen molar-refractivity contribution in [2.24, 2.45) is 0 Å². The molecule has 0 spiro atoms. The topological polar surface area (TPSA) is 79.5 Å². The molecule has 1 N–H and O–H groups in total. The van der Waals surface area contributed by atoms with E-state index in [9.17, 15) is 4.79 Å². The van der Waals surface area contributed by atoms with Gasteiger partial charge in [-0.25, -0.2) is 0 Å². The molecule has 0 aliphatic rings. The molecule has 1 aromatic heterocycles. The molecule has 6 heteroatoms. The lowest BCUT2D eigenvalue weighted by Crippen LogP contribution is -2.20. The van der Waals surface area contributed by atoms with Gasteiger partial charge in [0.05, 0.1) is 6.54 Å². The molecule has 6 nitrogen and oxygen atoms in total. The number of nitrogens with zero attached hydrogens (tertiary/aromatic N) is 3. The number of aryl methyl sites for hydroxylation is 1. The minimum atomic E-state index is -0.767. The third-order valence-corrected chi connectivity index (χ3v) is 1.91. The van der Waals surface area contributed by atoms with Crippen LogP contribution in [-0.2, 0) is 11.3 Å². The third kappa shape index (κ3) is 4.55. The number of aromatic nitrogens is 2. The molecule has 0 bridgehead atoms.